The molecule has 0 saturated carbocycles. The summed E-state index contributed by atoms with van der Waals surface area (Å²) in [5.74, 6) is 0. The molecule has 0 rings (SSSR count). The molecule has 0 aromatic heterocycles. The molecular weight excluding hydrogens is 203 g/mol. The summed E-state index contributed by atoms with van der Waals surface area (Å²) in [6, 6.07) is 0. The van der Waals surface area contributed by atoms with Gasteiger partial charge < -0.3 is 0 Å². The zero-order valence-corrected chi connectivity index (χ0v) is 5.34. The quantitative estimate of drug-likeness (QED) is 0.433. The van der Waals surface area contributed by atoms with E-state index >= 15 is 0 Å². The van der Waals surface area contributed by atoms with Crippen LogP contribution in [-0.4, -0.2) is 46.4 Å². The fraction of sp³-hybridized carbons (Fsp3) is 0. The van der Waals surface area contributed by atoms with Crippen molar-refractivity contribution in [2.75, 3.05) is 0 Å². The van der Waals surface area contributed by atoms with Crippen molar-refractivity contribution in [3.8, 4) is 0 Å². The van der Waals surface area contributed by atoms with Crippen LogP contribution in [0.3, 0.4) is 0 Å². The molecule has 0 saturated heterocycles. The molecule has 0 aliphatic carbocycles. The Labute approximate surface area is 78.8 Å². The van der Waals surface area contributed by atoms with Crippen LogP contribution in [-0.2, 0) is 20.8 Å². The van der Waals surface area contributed by atoms with Crippen molar-refractivity contribution in [3.63, 3.8) is 0 Å². The van der Waals surface area contributed by atoms with Crippen LogP contribution >= 0.6 is 0 Å². The predicted molar refractivity (Wildman–Crippen MR) is 30.3 cm³/mol. The molecule has 0 atom stereocenters. The molecule has 0 aliphatic rings. The molecule has 0 aliphatic heterocycles. The maximum absolute atomic E-state index is 11.1. The van der Waals surface area contributed by atoms with Crippen LogP contribution in [0.15, 0.2) is 0 Å². The summed E-state index contributed by atoms with van der Waals surface area (Å²) in [5, 5.41) is 0. The van der Waals surface area contributed by atoms with Crippen LogP contribution in [0.5, 0.6) is 0 Å². The van der Waals surface area contributed by atoms with Gasteiger partial charge in [0.2, 0.25) is 0 Å². The number of halogens is 2. The first-order chi connectivity index (χ1) is 3.71. The van der Waals surface area contributed by atoms with Crippen molar-refractivity contribution in [2.45, 2.75) is 0 Å². The van der Waals surface area contributed by atoms with Gasteiger partial charge in [0.25, 0.3) is 0 Å². The van der Waals surface area contributed by atoms with Crippen LogP contribution in [0.2, 0.25) is 0 Å². The fourth-order valence-electron chi connectivity index (χ4n) is 0.119. The van der Waals surface area contributed by atoms with Crippen molar-refractivity contribution in [1.29, 1.82) is 0 Å². The first kappa shape index (κ1) is 13.3. The van der Waals surface area contributed by atoms with Gasteiger partial charge in [-0.1, -0.05) is 11.9 Å². The molecule has 0 amide bonds. The topological polar surface area (TPSA) is 80.3 Å². The zero-order valence-electron chi connectivity index (χ0n) is 3.71. The van der Waals surface area contributed by atoms with Crippen molar-refractivity contribution < 1.29 is 24.6 Å². The Morgan fingerprint density at radius 2 is 1.10 bits per heavy atom. The van der Waals surface area contributed by atoms with Crippen molar-refractivity contribution in [2.24, 2.45) is 0 Å². The fourth-order valence-corrected chi connectivity index (χ4v) is 1.07. The van der Waals surface area contributed by atoms with E-state index in [0.717, 1.165) is 0 Å². The predicted octanol–water partition coefficient (Wildman–Crippen LogP) is -1.64. The molecule has 0 radical (unpaired) electrons. The van der Waals surface area contributed by atoms with E-state index in [1.165, 1.54) is 0 Å². The Balaban J connectivity index is 0. The molecule has 0 heterocycles. The SMILES string of the molecule is O=S(=O)(F)NS(=O)(=O)F.[NaH]. The Hall–Kier alpha value is 0.720. The Morgan fingerprint density at radius 3 is 1.10 bits per heavy atom. The monoisotopic (exact) mass is 205 g/mol. The summed E-state index contributed by atoms with van der Waals surface area (Å²) >= 11 is 0. The molecule has 0 fully saturated rings. The van der Waals surface area contributed by atoms with Crippen LogP contribution in [0.1, 0.15) is 0 Å². The second-order valence-corrected chi connectivity index (χ2v) is 3.38. The molecule has 58 valence electrons. The minimum atomic E-state index is -5.49. The minimum absolute atomic E-state index is 0. The van der Waals surface area contributed by atoms with Crippen molar-refractivity contribution in [1.82, 2.24) is 4.13 Å². The van der Waals surface area contributed by atoms with Gasteiger partial charge in [-0.05, 0) is 0 Å². The molecule has 0 aromatic carbocycles. The number of rotatable bonds is 2. The van der Waals surface area contributed by atoms with Gasteiger partial charge in [-0.25, -0.2) is 0 Å². The number of hydrogen-bond donors (Lipinski definition) is 1. The normalized spacial score (nSPS) is 12.2. The Bertz CT molecular complexity index is 246. The van der Waals surface area contributed by atoms with Crippen molar-refractivity contribution in [3.05, 3.63) is 0 Å². The molecule has 0 bridgehead atoms. The molecule has 10 heteroatoms. The summed E-state index contributed by atoms with van der Waals surface area (Å²) in [5.41, 5.74) is 0. The molecular formula is H2F2NNaO4S2. The third kappa shape index (κ3) is 11.5. The molecule has 0 spiro atoms. The molecule has 0 unspecified atom stereocenters. The molecule has 10 heavy (non-hydrogen) atoms. The van der Waals surface area contributed by atoms with E-state index in [2.05, 4.69) is 0 Å². The molecule has 5 nitrogen and oxygen atoms in total. The van der Waals surface area contributed by atoms with Gasteiger partial charge in [-0.2, -0.15) is 16.8 Å². The second kappa shape index (κ2) is 3.93. The second-order valence-electron chi connectivity index (χ2n) is 0.959. The van der Waals surface area contributed by atoms with Crippen LogP contribution in [0.25, 0.3) is 0 Å². The van der Waals surface area contributed by atoms with E-state index in [0.29, 0.717) is 0 Å². The maximum atomic E-state index is 11.1. The summed E-state index contributed by atoms with van der Waals surface area (Å²) in [4.78, 5) is 0. The first-order valence-electron chi connectivity index (χ1n) is 1.38. The van der Waals surface area contributed by atoms with E-state index in [4.69, 9.17) is 0 Å². The third-order valence-electron chi connectivity index (χ3n) is 0.199. The van der Waals surface area contributed by atoms with Crippen LogP contribution < -0.4 is 4.13 Å². The van der Waals surface area contributed by atoms with Gasteiger partial charge in [-0.15, -0.1) is 0 Å². The van der Waals surface area contributed by atoms with Crippen LogP contribution in [0, 0.1) is 0 Å². The molecule has 1 N–H and O–H groups in total. The van der Waals surface area contributed by atoms with Gasteiger partial charge >= 0.3 is 50.4 Å². The average Bonchev–Trinajstić information content (AvgIpc) is 1.14. The van der Waals surface area contributed by atoms with Gasteiger partial charge in [0.05, 0.1) is 0 Å². The zero-order chi connectivity index (χ0) is 7.71. The summed E-state index contributed by atoms with van der Waals surface area (Å²) in [7, 11) is -11.0. The standard InChI is InChI=1S/F2HNO4S2.Na.H/c1-8(4,5)3-9(2,6)7;;/h3H;;. The van der Waals surface area contributed by atoms with E-state index < -0.39 is 20.8 Å². The Morgan fingerprint density at radius 1 is 0.900 bits per heavy atom. The number of hydrogen-bond acceptors (Lipinski definition) is 4. The summed E-state index contributed by atoms with van der Waals surface area (Å²) in [6.45, 7) is 0. The first-order valence-corrected chi connectivity index (χ1v) is 4.15. The van der Waals surface area contributed by atoms with E-state index in [1.54, 1.807) is 0 Å². The summed E-state index contributed by atoms with van der Waals surface area (Å²) < 4.78 is 59.3. The van der Waals surface area contributed by atoms with E-state index in [1.807, 2.05) is 0 Å². The molecule has 0 aromatic rings. The van der Waals surface area contributed by atoms with E-state index in [-0.39, 0.29) is 33.7 Å². The number of nitrogens with one attached hydrogen (secondary N) is 1. The van der Waals surface area contributed by atoms with E-state index in [9.17, 15) is 24.6 Å². The third-order valence-corrected chi connectivity index (χ3v) is 1.79. The average molecular weight is 205 g/mol. The van der Waals surface area contributed by atoms with Crippen molar-refractivity contribution >= 4 is 50.4 Å². The van der Waals surface area contributed by atoms with Gasteiger partial charge in [0.1, 0.15) is 0 Å². The van der Waals surface area contributed by atoms with Gasteiger partial charge in [0, 0.05) is 0 Å². The van der Waals surface area contributed by atoms with Crippen LogP contribution in [0.4, 0.5) is 7.77 Å². The summed E-state index contributed by atoms with van der Waals surface area (Å²) in [6.07, 6.45) is 0. The van der Waals surface area contributed by atoms with Gasteiger partial charge in [-0.3, -0.25) is 0 Å². The van der Waals surface area contributed by atoms with Gasteiger partial charge in [0.15, 0.2) is 0 Å². The Kier molecular flexibility index (Phi) is 5.23.